The Morgan fingerprint density at radius 2 is 1.07 bits per heavy atom. The lowest BCUT2D eigenvalue weighted by atomic mass is 9.95. The van der Waals surface area contributed by atoms with Crippen molar-refractivity contribution >= 4 is 37.5 Å². The van der Waals surface area contributed by atoms with Gasteiger partial charge in [0, 0.05) is 4.47 Å². The van der Waals surface area contributed by atoms with Gasteiger partial charge in [0.25, 0.3) is 0 Å². The molecule has 5 aromatic rings. The fraction of sp³-hybridized carbons (Fsp3) is 0. The highest BCUT2D eigenvalue weighted by Gasteiger charge is 2.06. The molecule has 0 heterocycles. The van der Waals surface area contributed by atoms with Crippen LogP contribution in [0.15, 0.2) is 108 Å². The third kappa shape index (κ3) is 3.05. The van der Waals surface area contributed by atoms with Gasteiger partial charge >= 0.3 is 0 Å². The number of hydrogen-bond donors (Lipinski definition) is 0. The molecule has 1 heteroatoms. The third-order valence-corrected chi connectivity index (χ3v) is 5.65. The van der Waals surface area contributed by atoms with Gasteiger partial charge in [0.15, 0.2) is 0 Å². The second-order valence-corrected chi connectivity index (χ2v) is 7.73. The van der Waals surface area contributed by atoms with Gasteiger partial charge in [0.2, 0.25) is 0 Å². The molecule has 0 spiro atoms. The molecule has 0 atom stereocenters. The average molecular weight is 409 g/mol. The highest BCUT2D eigenvalue weighted by atomic mass is 79.9. The van der Waals surface area contributed by atoms with E-state index in [-0.39, 0.29) is 0 Å². The Morgan fingerprint density at radius 3 is 1.89 bits per heavy atom. The molecule has 0 saturated heterocycles. The molecule has 0 aliphatic heterocycles. The van der Waals surface area contributed by atoms with E-state index < -0.39 is 0 Å². The minimum Gasteiger partial charge on any atom is -0.0616 e. The zero-order valence-corrected chi connectivity index (χ0v) is 16.3. The van der Waals surface area contributed by atoms with Crippen molar-refractivity contribution in [1.82, 2.24) is 0 Å². The van der Waals surface area contributed by atoms with E-state index >= 15 is 0 Å². The molecule has 0 fully saturated rings. The number of hydrogen-bond acceptors (Lipinski definition) is 0. The maximum atomic E-state index is 3.51. The highest BCUT2D eigenvalue weighted by molar-refractivity contribution is 9.10. The predicted molar refractivity (Wildman–Crippen MR) is 120 cm³/mol. The van der Waals surface area contributed by atoms with Crippen LogP contribution in [0.1, 0.15) is 0 Å². The van der Waals surface area contributed by atoms with E-state index in [4.69, 9.17) is 0 Å². The van der Waals surface area contributed by atoms with Crippen molar-refractivity contribution in [1.29, 1.82) is 0 Å². The first-order valence-electron chi connectivity index (χ1n) is 9.06. The van der Waals surface area contributed by atoms with Gasteiger partial charge in [-0.1, -0.05) is 94.8 Å². The van der Waals surface area contributed by atoms with Crippen LogP contribution in [0, 0.1) is 0 Å². The minimum absolute atomic E-state index is 1.10. The SMILES string of the molecule is Brc1ccc(-c2ccc3cc(-c4cccc5ccccc45)ccc3c2)cc1. The van der Waals surface area contributed by atoms with Gasteiger partial charge in [-0.3, -0.25) is 0 Å². The van der Waals surface area contributed by atoms with Crippen molar-refractivity contribution in [3.05, 3.63) is 108 Å². The van der Waals surface area contributed by atoms with Gasteiger partial charge in [-0.15, -0.1) is 0 Å². The largest absolute Gasteiger partial charge is 0.0616 e. The average Bonchev–Trinajstić information content (AvgIpc) is 2.73. The van der Waals surface area contributed by atoms with Gasteiger partial charge in [-0.2, -0.15) is 0 Å². The van der Waals surface area contributed by atoms with E-state index in [1.54, 1.807) is 0 Å². The van der Waals surface area contributed by atoms with Gasteiger partial charge in [-0.25, -0.2) is 0 Å². The Kier molecular flexibility index (Phi) is 4.03. The minimum atomic E-state index is 1.10. The van der Waals surface area contributed by atoms with Crippen molar-refractivity contribution in [2.75, 3.05) is 0 Å². The van der Waals surface area contributed by atoms with Crippen LogP contribution < -0.4 is 0 Å². The van der Waals surface area contributed by atoms with Gasteiger partial charge in [0.05, 0.1) is 0 Å². The van der Waals surface area contributed by atoms with Crippen molar-refractivity contribution in [2.24, 2.45) is 0 Å². The summed E-state index contributed by atoms with van der Waals surface area (Å²) >= 11 is 3.51. The van der Waals surface area contributed by atoms with Crippen molar-refractivity contribution in [2.45, 2.75) is 0 Å². The first-order valence-corrected chi connectivity index (χ1v) is 9.85. The number of halogens is 1. The summed E-state index contributed by atoms with van der Waals surface area (Å²) in [6.07, 6.45) is 0. The summed E-state index contributed by atoms with van der Waals surface area (Å²) in [4.78, 5) is 0. The summed E-state index contributed by atoms with van der Waals surface area (Å²) in [5, 5.41) is 5.10. The molecule has 0 saturated carbocycles. The topological polar surface area (TPSA) is 0 Å². The number of fused-ring (bicyclic) bond motifs is 2. The van der Waals surface area contributed by atoms with Crippen LogP contribution in [0.3, 0.4) is 0 Å². The molecule has 128 valence electrons. The lowest BCUT2D eigenvalue weighted by molar-refractivity contribution is 1.61. The van der Waals surface area contributed by atoms with Crippen molar-refractivity contribution in [3.63, 3.8) is 0 Å². The van der Waals surface area contributed by atoms with Crippen LogP contribution in [-0.2, 0) is 0 Å². The van der Waals surface area contributed by atoms with Crippen LogP contribution in [-0.4, -0.2) is 0 Å². The lowest BCUT2D eigenvalue weighted by Gasteiger charge is -2.09. The Hall–Kier alpha value is -2.90. The summed E-state index contributed by atoms with van der Waals surface area (Å²) in [7, 11) is 0. The van der Waals surface area contributed by atoms with Crippen LogP contribution in [0.2, 0.25) is 0 Å². The monoisotopic (exact) mass is 408 g/mol. The van der Waals surface area contributed by atoms with Crippen LogP contribution >= 0.6 is 15.9 Å². The van der Waals surface area contributed by atoms with Crippen molar-refractivity contribution in [3.8, 4) is 22.3 Å². The fourth-order valence-electron chi connectivity index (χ4n) is 3.71. The normalized spacial score (nSPS) is 11.1. The summed E-state index contributed by atoms with van der Waals surface area (Å²) in [5.74, 6) is 0. The van der Waals surface area contributed by atoms with Gasteiger partial charge in [-0.05, 0) is 68.1 Å². The lowest BCUT2D eigenvalue weighted by Crippen LogP contribution is -1.83. The second-order valence-electron chi connectivity index (χ2n) is 6.81. The predicted octanol–water partition coefficient (Wildman–Crippen LogP) is 8.09. The zero-order chi connectivity index (χ0) is 18.2. The molecular formula is C26H17Br. The molecule has 0 N–H and O–H groups in total. The van der Waals surface area contributed by atoms with E-state index in [1.807, 2.05) is 0 Å². The Bertz CT molecular complexity index is 1260. The Labute approximate surface area is 167 Å². The molecule has 0 aliphatic carbocycles. The van der Waals surface area contributed by atoms with E-state index in [1.165, 1.54) is 43.8 Å². The maximum absolute atomic E-state index is 3.51. The summed E-state index contributed by atoms with van der Waals surface area (Å²) in [5.41, 5.74) is 5.02. The van der Waals surface area contributed by atoms with E-state index in [0.29, 0.717) is 0 Å². The maximum Gasteiger partial charge on any atom is 0.0175 e. The van der Waals surface area contributed by atoms with E-state index in [0.717, 1.165) is 4.47 Å². The fourth-order valence-corrected chi connectivity index (χ4v) is 3.98. The molecule has 0 aliphatic rings. The molecule has 0 unspecified atom stereocenters. The molecule has 27 heavy (non-hydrogen) atoms. The molecule has 0 amide bonds. The molecule has 0 radical (unpaired) electrons. The highest BCUT2D eigenvalue weighted by Crippen LogP contribution is 2.32. The molecule has 0 nitrogen and oxygen atoms in total. The van der Waals surface area contributed by atoms with Crippen LogP contribution in [0.4, 0.5) is 0 Å². The van der Waals surface area contributed by atoms with E-state index in [9.17, 15) is 0 Å². The first-order chi connectivity index (χ1) is 13.3. The standard InChI is InChI=1S/C26H17Br/c27-24-14-12-18(13-15-24)20-8-9-22-17-23(11-10-21(22)16-20)26-7-3-5-19-4-1-2-6-25(19)26/h1-17H. The van der Waals surface area contributed by atoms with Crippen LogP contribution in [0.25, 0.3) is 43.8 Å². The third-order valence-electron chi connectivity index (χ3n) is 5.12. The Balaban J connectivity index is 1.62. The van der Waals surface area contributed by atoms with E-state index in [2.05, 4.69) is 119 Å². The molecular weight excluding hydrogens is 392 g/mol. The van der Waals surface area contributed by atoms with Crippen molar-refractivity contribution < 1.29 is 0 Å². The summed E-state index contributed by atoms with van der Waals surface area (Å²) in [6.45, 7) is 0. The number of benzene rings is 5. The summed E-state index contributed by atoms with van der Waals surface area (Å²) in [6, 6.07) is 37.0. The molecule has 0 bridgehead atoms. The number of rotatable bonds is 2. The molecule has 5 aromatic carbocycles. The second kappa shape index (κ2) is 6.68. The molecule has 0 aromatic heterocycles. The van der Waals surface area contributed by atoms with Crippen LogP contribution in [0.5, 0.6) is 0 Å². The smallest absolute Gasteiger partial charge is 0.0175 e. The van der Waals surface area contributed by atoms with Gasteiger partial charge in [0.1, 0.15) is 0 Å². The quantitative estimate of drug-likeness (QED) is 0.276. The van der Waals surface area contributed by atoms with Gasteiger partial charge < -0.3 is 0 Å². The zero-order valence-electron chi connectivity index (χ0n) is 14.7. The first kappa shape index (κ1) is 16.3. The molecule has 5 rings (SSSR count). The Morgan fingerprint density at radius 1 is 0.444 bits per heavy atom. The summed E-state index contributed by atoms with van der Waals surface area (Å²) < 4.78 is 1.10.